The molecular weight excluding hydrogens is 230 g/mol. The van der Waals surface area contributed by atoms with Crippen LogP contribution in [0, 0.1) is 0 Å². The van der Waals surface area contributed by atoms with Crippen LogP contribution in [0.2, 0.25) is 0 Å². The van der Waals surface area contributed by atoms with E-state index in [9.17, 15) is 4.79 Å². The Bertz CT molecular complexity index is 279. The van der Waals surface area contributed by atoms with Crippen molar-refractivity contribution in [2.45, 2.75) is 76.7 Å². The molecule has 1 saturated carbocycles. The molecule has 4 heteroatoms. The van der Waals surface area contributed by atoms with E-state index in [-0.39, 0.29) is 18.8 Å². The van der Waals surface area contributed by atoms with Gasteiger partial charge in [-0.2, -0.15) is 0 Å². The van der Waals surface area contributed by atoms with E-state index in [1.807, 2.05) is 0 Å². The fourth-order valence-corrected chi connectivity index (χ4v) is 3.59. The van der Waals surface area contributed by atoms with Crippen LogP contribution >= 0.6 is 0 Å². The van der Waals surface area contributed by atoms with Crippen molar-refractivity contribution in [3.8, 4) is 0 Å². The van der Waals surface area contributed by atoms with Gasteiger partial charge in [-0.05, 0) is 39.5 Å². The van der Waals surface area contributed by atoms with E-state index in [2.05, 4.69) is 18.7 Å². The van der Waals surface area contributed by atoms with Gasteiger partial charge in [0, 0.05) is 12.1 Å². The molecule has 0 bridgehead atoms. The Morgan fingerprint density at radius 2 is 1.72 bits per heavy atom. The minimum atomic E-state index is -0.700. The van der Waals surface area contributed by atoms with Gasteiger partial charge in [0.15, 0.2) is 0 Å². The van der Waals surface area contributed by atoms with Crippen molar-refractivity contribution in [2.24, 2.45) is 0 Å². The van der Waals surface area contributed by atoms with Gasteiger partial charge in [-0.25, -0.2) is 0 Å². The Labute approximate surface area is 109 Å². The monoisotopic (exact) mass is 255 g/mol. The van der Waals surface area contributed by atoms with Gasteiger partial charge >= 0.3 is 5.97 Å². The highest BCUT2D eigenvalue weighted by Crippen LogP contribution is 2.30. The van der Waals surface area contributed by atoms with Crippen molar-refractivity contribution in [1.82, 2.24) is 4.90 Å². The average Bonchev–Trinajstić information content (AvgIpc) is 2.77. The lowest BCUT2D eigenvalue weighted by Crippen LogP contribution is -2.50. The summed E-state index contributed by atoms with van der Waals surface area (Å²) < 4.78 is 5.76. The zero-order valence-corrected chi connectivity index (χ0v) is 11.5. The first kappa shape index (κ1) is 13.8. The fourth-order valence-electron chi connectivity index (χ4n) is 3.59. The third-order valence-corrected chi connectivity index (χ3v) is 4.25. The van der Waals surface area contributed by atoms with E-state index < -0.39 is 5.97 Å². The van der Waals surface area contributed by atoms with E-state index in [0.29, 0.717) is 12.1 Å². The lowest BCUT2D eigenvalue weighted by molar-refractivity contribution is -0.142. The summed E-state index contributed by atoms with van der Waals surface area (Å²) in [6, 6.07) is 0.853. The van der Waals surface area contributed by atoms with Crippen LogP contribution in [0.25, 0.3) is 0 Å². The molecule has 4 nitrogen and oxygen atoms in total. The van der Waals surface area contributed by atoms with E-state index in [0.717, 1.165) is 25.7 Å². The highest BCUT2D eigenvalue weighted by molar-refractivity contribution is 5.69. The molecule has 2 fully saturated rings. The molecule has 0 aromatic heterocycles. The molecule has 0 aromatic carbocycles. The van der Waals surface area contributed by atoms with Crippen molar-refractivity contribution in [3.63, 3.8) is 0 Å². The molecular formula is C14H25NO3. The maximum absolute atomic E-state index is 11.1. The topological polar surface area (TPSA) is 49.8 Å². The van der Waals surface area contributed by atoms with Gasteiger partial charge < -0.3 is 9.84 Å². The van der Waals surface area contributed by atoms with Crippen molar-refractivity contribution in [1.29, 1.82) is 0 Å². The molecule has 2 unspecified atom stereocenters. The fraction of sp³-hybridized carbons (Fsp3) is 0.929. The zero-order valence-electron chi connectivity index (χ0n) is 11.5. The Hall–Kier alpha value is -0.610. The van der Waals surface area contributed by atoms with Crippen LogP contribution in [0.4, 0.5) is 0 Å². The standard InChI is InChI=1S/C14H25NO3/c1-10-7-13(8-11(2)18-10)15(9-14(16)17)12-5-3-4-6-12/h10-13H,3-9H2,1-2H3,(H,16,17). The van der Waals surface area contributed by atoms with E-state index in [4.69, 9.17) is 9.84 Å². The molecule has 2 atom stereocenters. The summed E-state index contributed by atoms with van der Waals surface area (Å²) in [6.07, 6.45) is 7.24. The van der Waals surface area contributed by atoms with E-state index in [1.54, 1.807) is 0 Å². The summed E-state index contributed by atoms with van der Waals surface area (Å²) in [6.45, 7) is 4.38. The largest absolute Gasteiger partial charge is 0.480 e. The van der Waals surface area contributed by atoms with Gasteiger partial charge in [-0.15, -0.1) is 0 Å². The lowest BCUT2D eigenvalue weighted by Gasteiger charge is -2.41. The number of hydrogen-bond acceptors (Lipinski definition) is 3. The van der Waals surface area contributed by atoms with Crippen molar-refractivity contribution < 1.29 is 14.6 Å². The predicted octanol–water partition coefficient (Wildman–Crippen LogP) is 2.27. The normalized spacial score (nSPS) is 34.1. The first-order valence-electron chi connectivity index (χ1n) is 7.19. The summed E-state index contributed by atoms with van der Waals surface area (Å²) in [4.78, 5) is 13.3. The second-order valence-electron chi connectivity index (χ2n) is 5.89. The summed E-state index contributed by atoms with van der Waals surface area (Å²) in [5, 5.41) is 9.13. The molecule has 2 aliphatic rings. The number of hydrogen-bond donors (Lipinski definition) is 1. The molecule has 1 aliphatic carbocycles. The average molecular weight is 255 g/mol. The first-order chi connectivity index (χ1) is 8.56. The third kappa shape index (κ3) is 3.45. The van der Waals surface area contributed by atoms with Gasteiger partial charge in [0.1, 0.15) is 0 Å². The molecule has 1 heterocycles. The summed E-state index contributed by atoms with van der Waals surface area (Å²) in [5.41, 5.74) is 0. The van der Waals surface area contributed by atoms with Crippen LogP contribution in [-0.4, -0.2) is 46.8 Å². The van der Waals surface area contributed by atoms with Gasteiger partial charge in [0.05, 0.1) is 18.8 Å². The van der Waals surface area contributed by atoms with E-state index in [1.165, 1.54) is 12.8 Å². The molecule has 1 aliphatic heterocycles. The van der Waals surface area contributed by atoms with Crippen LogP contribution in [0.5, 0.6) is 0 Å². The smallest absolute Gasteiger partial charge is 0.317 e. The number of rotatable bonds is 4. The second-order valence-corrected chi connectivity index (χ2v) is 5.89. The quantitative estimate of drug-likeness (QED) is 0.837. The van der Waals surface area contributed by atoms with Gasteiger partial charge in [0.2, 0.25) is 0 Å². The maximum atomic E-state index is 11.1. The molecule has 104 valence electrons. The van der Waals surface area contributed by atoms with Crippen LogP contribution in [0.15, 0.2) is 0 Å². The van der Waals surface area contributed by atoms with Gasteiger partial charge in [-0.3, -0.25) is 9.69 Å². The minimum absolute atomic E-state index is 0.189. The molecule has 0 spiro atoms. The van der Waals surface area contributed by atoms with Gasteiger partial charge in [0.25, 0.3) is 0 Å². The van der Waals surface area contributed by atoms with E-state index >= 15 is 0 Å². The Kier molecular flexibility index (Phi) is 4.62. The number of aliphatic carboxylic acids is 1. The SMILES string of the molecule is CC1CC(N(CC(=O)O)C2CCCC2)CC(C)O1. The molecule has 1 N–H and O–H groups in total. The van der Waals surface area contributed by atoms with Crippen LogP contribution in [-0.2, 0) is 9.53 Å². The van der Waals surface area contributed by atoms with Gasteiger partial charge in [-0.1, -0.05) is 12.8 Å². The number of nitrogens with zero attached hydrogens (tertiary/aromatic N) is 1. The predicted molar refractivity (Wildman–Crippen MR) is 69.6 cm³/mol. The number of ether oxygens (including phenoxy) is 1. The lowest BCUT2D eigenvalue weighted by atomic mass is 9.96. The zero-order chi connectivity index (χ0) is 13.1. The Morgan fingerprint density at radius 1 is 1.17 bits per heavy atom. The summed E-state index contributed by atoms with van der Waals surface area (Å²) in [5.74, 6) is -0.700. The molecule has 18 heavy (non-hydrogen) atoms. The number of carboxylic acid groups (broad SMARTS) is 1. The number of carbonyl (C=O) groups is 1. The molecule has 0 radical (unpaired) electrons. The van der Waals surface area contributed by atoms with Crippen molar-refractivity contribution >= 4 is 5.97 Å². The van der Waals surface area contributed by atoms with Crippen LogP contribution in [0.3, 0.4) is 0 Å². The third-order valence-electron chi connectivity index (χ3n) is 4.25. The van der Waals surface area contributed by atoms with Crippen molar-refractivity contribution in [2.75, 3.05) is 6.54 Å². The van der Waals surface area contributed by atoms with Crippen LogP contribution in [0.1, 0.15) is 52.4 Å². The second kappa shape index (κ2) is 6.02. The maximum Gasteiger partial charge on any atom is 0.317 e. The minimum Gasteiger partial charge on any atom is -0.480 e. The Balaban J connectivity index is 2.04. The van der Waals surface area contributed by atoms with Crippen molar-refractivity contribution in [3.05, 3.63) is 0 Å². The first-order valence-corrected chi connectivity index (χ1v) is 7.19. The molecule has 0 amide bonds. The van der Waals surface area contributed by atoms with Crippen LogP contribution < -0.4 is 0 Å². The highest BCUT2D eigenvalue weighted by atomic mass is 16.5. The molecule has 0 aromatic rings. The summed E-state index contributed by atoms with van der Waals surface area (Å²) in [7, 11) is 0. The number of carboxylic acids is 1. The Morgan fingerprint density at radius 3 is 2.22 bits per heavy atom. The molecule has 1 saturated heterocycles. The summed E-state index contributed by atoms with van der Waals surface area (Å²) >= 11 is 0. The molecule has 2 rings (SSSR count). The highest BCUT2D eigenvalue weighted by Gasteiger charge is 2.34.